The highest BCUT2D eigenvalue weighted by Crippen LogP contribution is 2.42. The van der Waals surface area contributed by atoms with Gasteiger partial charge < -0.3 is 9.80 Å². The van der Waals surface area contributed by atoms with Crippen molar-refractivity contribution in [2.75, 3.05) is 9.80 Å². The van der Waals surface area contributed by atoms with Gasteiger partial charge in [-0.05, 0) is 61.4 Å². The first kappa shape index (κ1) is 21.5. The van der Waals surface area contributed by atoms with Crippen molar-refractivity contribution in [3.63, 3.8) is 0 Å². The van der Waals surface area contributed by atoms with Crippen molar-refractivity contribution >= 4 is 23.2 Å². The number of carbonyl (C=O) groups is 2. The van der Waals surface area contributed by atoms with Crippen LogP contribution in [0.1, 0.15) is 41.7 Å². The standard InChI is InChI=1S/C27H25FN2O2/c1-3-9-26(31)30(22-10-5-4-6-11-22)25-18-19(2)29(24-13-8-7-12-23(24)25)27(32)20-14-16-21(28)17-15-20/h3-8,10-17,19,25H,1,9,18H2,2H3/t19-,25+/m1/s1. The second-order valence-corrected chi connectivity index (χ2v) is 7.93. The van der Waals surface area contributed by atoms with Crippen LogP contribution in [-0.4, -0.2) is 17.9 Å². The molecule has 4 nitrogen and oxygen atoms in total. The van der Waals surface area contributed by atoms with Gasteiger partial charge >= 0.3 is 0 Å². The molecule has 5 heteroatoms. The number of amides is 2. The number of rotatable bonds is 5. The Hall–Kier alpha value is -3.73. The molecule has 2 amide bonds. The largest absolute Gasteiger partial charge is 0.305 e. The van der Waals surface area contributed by atoms with Gasteiger partial charge in [0.25, 0.3) is 5.91 Å². The summed E-state index contributed by atoms with van der Waals surface area (Å²) in [6.07, 6.45) is 2.41. The first-order chi connectivity index (χ1) is 15.5. The van der Waals surface area contributed by atoms with Crippen LogP contribution >= 0.6 is 0 Å². The van der Waals surface area contributed by atoms with Crippen LogP contribution in [0.4, 0.5) is 15.8 Å². The number of carbonyl (C=O) groups excluding carboxylic acids is 2. The topological polar surface area (TPSA) is 40.6 Å². The molecule has 0 fully saturated rings. The molecule has 1 aliphatic rings. The summed E-state index contributed by atoms with van der Waals surface area (Å²) < 4.78 is 13.4. The van der Waals surface area contributed by atoms with Gasteiger partial charge in [-0.15, -0.1) is 6.58 Å². The zero-order valence-electron chi connectivity index (χ0n) is 17.9. The highest BCUT2D eigenvalue weighted by molar-refractivity contribution is 6.07. The Bertz CT molecular complexity index is 1130. The second-order valence-electron chi connectivity index (χ2n) is 7.93. The fourth-order valence-electron chi connectivity index (χ4n) is 4.38. The highest BCUT2D eigenvalue weighted by atomic mass is 19.1. The van der Waals surface area contributed by atoms with Crippen LogP contribution < -0.4 is 9.80 Å². The summed E-state index contributed by atoms with van der Waals surface area (Å²) in [7, 11) is 0. The summed E-state index contributed by atoms with van der Waals surface area (Å²) >= 11 is 0. The Morgan fingerprint density at radius 3 is 2.38 bits per heavy atom. The molecule has 0 saturated carbocycles. The maximum Gasteiger partial charge on any atom is 0.258 e. The third kappa shape index (κ3) is 4.06. The molecular weight excluding hydrogens is 403 g/mol. The van der Waals surface area contributed by atoms with E-state index in [2.05, 4.69) is 6.58 Å². The molecule has 0 aliphatic carbocycles. The van der Waals surface area contributed by atoms with E-state index in [-0.39, 0.29) is 36.1 Å². The van der Waals surface area contributed by atoms with E-state index in [0.717, 1.165) is 16.9 Å². The van der Waals surface area contributed by atoms with Crippen LogP contribution in [-0.2, 0) is 4.79 Å². The molecule has 1 heterocycles. The van der Waals surface area contributed by atoms with E-state index in [1.54, 1.807) is 11.0 Å². The minimum Gasteiger partial charge on any atom is -0.305 e. The van der Waals surface area contributed by atoms with Crippen molar-refractivity contribution in [2.45, 2.75) is 31.8 Å². The second kappa shape index (κ2) is 9.18. The van der Waals surface area contributed by atoms with E-state index in [9.17, 15) is 14.0 Å². The van der Waals surface area contributed by atoms with Gasteiger partial charge in [-0.1, -0.05) is 42.5 Å². The third-order valence-electron chi connectivity index (χ3n) is 5.80. The van der Waals surface area contributed by atoms with Crippen LogP contribution in [0.5, 0.6) is 0 Å². The summed E-state index contributed by atoms with van der Waals surface area (Å²) in [5, 5.41) is 0. The Morgan fingerprint density at radius 2 is 1.69 bits per heavy atom. The number of benzene rings is 3. The third-order valence-corrected chi connectivity index (χ3v) is 5.80. The average molecular weight is 429 g/mol. The average Bonchev–Trinajstić information content (AvgIpc) is 2.80. The molecule has 162 valence electrons. The number of hydrogen-bond acceptors (Lipinski definition) is 2. The van der Waals surface area contributed by atoms with Crippen molar-refractivity contribution < 1.29 is 14.0 Å². The molecule has 1 aliphatic heterocycles. The Balaban J connectivity index is 1.78. The van der Waals surface area contributed by atoms with E-state index >= 15 is 0 Å². The highest BCUT2D eigenvalue weighted by Gasteiger charge is 2.38. The number of anilines is 2. The fourth-order valence-corrected chi connectivity index (χ4v) is 4.38. The molecule has 2 atom stereocenters. The van der Waals surface area contributed by atoms with E-state index in [4.69, 9.17) is 0 Å². The van der Waals surface area contributed by atoms with E-state index in [1.165, 1.54) is 24.3 Å². The molecule has 0 spiro atoms. The molecule has 0 bridgehead atoms. The zero-order valence-corrected chi connectivity index (χ0v) is 17.9. The number of para-hydroxylation sites is 2. The summed E-state index contributed by atoms with van der Waals surface area (Å²) in [6, 6.07) is 22.4. The zero-order chi connectivity index (χ0) is 22.7. The van der Waals surface area contributed by atoms with Gasteiger partial charge in [-0.3, -0.25) is 9.59 Å². The predicted molar refractivity (Wildman–Crippen MR) is 125 cm³/mol. The normalized spacial score (nSPS) is 17.4. The van der Waals surface area contributed by atoms with Crippen molar-refractivity contribution in [1.82, 2.24) is 0 Å². The van der Waals surface area contributed by atoms with Gasteiger partial charge in [0.05, 0.1) is 6.04 Å². The van der Waals surface area contributed by atoms with Crippen molar-refractivity contribution in [2.24, 2.45) is 0 Å². The Kier molecular flexibility index (Phi) is 6.17. The van der Waals surface area contributed by atoms with Crippen LogP contribution in [0, 0.1) is 5.82 Å². The van der Waals surface area contributed by atoms with E-state index < -0.39 is 0 Å². The summed E-state index contributed by atoms with van der Waals surface area (Å²) in [6.45, 7) is 5.71. The van der Waals surface area contributed by atoms with Crippen molar-refractivity contribution in [3.8, 4) is 0 Å². The van der Waals surface area contributed by atoms with Crippen LogP contribution in [0.15, 0.2) is 91.5 Å². The fraction of sp³-hybridized carbons (Fsp3) is 0.185. The molecule has 4 rings (SSSR count). The number of hydrogen-bond donors (Lipinski definition) is 0. The lowest BCUT2D eigenvalue weighted by Gasteiger charge is -2.43. The smallest absolute Gasteiger partial charge is 0.258 e. The quantitative estimate of drug-likeness (QED) is 0.474. The minimum atomic E-state index is -0.382. The first-order valence-corrected chi connectivity index (χ1v) is 10.7. The molecular formula is C27H25FN2O2. The monoisotopic (exact) mass is 428 g/mol. The lowest BCUT2D eigenvalue weighted by atomic mass is 9.89. The molecule has 0 unspecified atom stereocenters. The Morgan fingerprint density at radius 1 is 1.03 bits per heavy atom. The van der Waals surface area contributed by atoms with Gasteiger partial charge in [-0.25, -0.2) is 4.39 Å². The minimum absolute atomic E-state index is 0.0449. The maximum atomic E-state index is 13.4. The summed E-state index contributed by atoms with van der Waals surface area (Å²) in [5.74, 6) is -0.614. The van der Waals surface area contributed by atoms with Gasteiger partial charge in [0.1, 0.15) is 5.82 Å². The summed E-state index contributed by atoms with van der Waals surface area (Å²) in [4.78, 5) is 30.1. The van der Waals surface area contributed by atoms with Crippen LogP contribution in [0.3, 0.4) is 0 Å². The number of fused-ring (bicyclic) bond motifs is 1. The SMILES string of the molecule is C=CCC(=O)N(c1ccccc1)[C@H]1C[C@@H](C)N(C(=O)c2ccc(F)cc2)c2ccccc21. The van der Waals surface area contributed by atoms with Crippen molar-refractivity contribution in [1.29, 1.82) is 0 Å². The van der Waals surface area contributed by atoms with Gasteiger partial charge in [-0.2, -0.15) is 0 Å². The predicted octanol–water partition coefficient (Wildman–Crippen LogP) is 5.92. The van der Waals surface area contributed by atoms with Crippen LogP contribution in [0.2, 0.25) is 0 Å². The Labute approximate surface area is 187 Å². The van der Waals surface area contributed by atoms with Gasteiger partial charge in [0.15, 0.2) is 0 Å². The molecule has 0 N–H and O–H groups in total. The lowest BCUT2D eigenvalue weighted by Crippen LogP contribution is -2.47. The van der Waals surface area contributed by atoms with Crippen LogP contribution in [0.25, 0.3) is 0 Å². The summed E-state index contributed by atoms with van der Waals surface area (Å²) in [5.41, 5.74) is 2.90. The van der Waals surface area contributed by atoms with Gasteiger partial charge in [0, 0.05) is 29.4 Å². The number of halogens is 1. The molecule has 32 heavy (non-hydrogen) atoms. The molecule has 3 aromatic rings. The van der Waals surface area contributed by atoms with Crippen molar-refractivity contribution in [3.05, 3.63) is 108 Å². The molecule has 0 radical (unpaired) electrons. The lowest BCUT2D eigenvalue weighted by molar-refractivity contribution is -0.118. The molecule has 3 aromatic carbocycles. The van der Waals surface area contributed by atoms with E-state index in [0.29, 0.717) is 12.0 Å². The van der Waals surface area contributed by atoms with E-state index in [1.807, 2.05) is 66.4 Å². The number of nitrogens with zero attached hydrogens (tertiary/aromatic N) is 2. The molecule has 0 saturated heterocycles. The van der Waals surface area contributed by atoms with Gasteiger partial charge in [0.2, 0.25) is 5.91 Å². The first-order valence-electron chi connectivity index (χ1n) is 10.7. The maximum absolute atomic E-state index is 13.4. The molecule has 0 aromatic heterocycles.